The molecule has 166 valence electrons. The Morgan fingerprint density at radius 3 is 2.32 bits per heavy atom. The molecule has 2 aromatic rings. The van der Waals surface area contributed by atoms with E-state index >= 15 is 0 Å². The van der Waals surface area contributed by atoms with Crippen LogP contribution in [0.25, 0.3) is 0 Å². The van der Waals surface area contributed by atoms with Gasteiger partial charge in [-0.25, -0.2) is 13.2 Å². The van der Waals surface area contributed by atoms with E-state index in [-0.39, 0.29) is 24.9 Å². The fourth-order valence-electron chi connectivity index (χ4n) is 3.71. The topological polar surface area (TPSA) is 76.1 Å². The molecule has 1 amide bonds. The molecule has 1 aliphatic carbocycles. The van der Waals surface area contributed by atoms with Crippen molar-refractivity contribution in [2.45, 2.75) is 38.1 Å². The van der Waals surface area contributed by atoms with Crippen molar-refractivity contribution < 1.29 is 22.7 Å². The van der Waals surface area contributed by atoms with Gasteiger partial charge in [0, 0.05) is 19.1 Å². The van der Waals surface area contributed by atoms with Crippen molar-refractivity contribution in [3.63, 3.8) is 0 Å². The smallest absolute Gasteiger partial charge is 0.410 e. The summed E-state index contributed by atoms with van der Waals surface area (Å²) in [5.41, 5.74) is 1.87. The molecule has 1 aliphatic heterocycles. The summed E-state index contributed by atoms with van der Waals surface area (Å²) in [7, 11) is -3.53. The molecule has 1 atom stereocenters. The second-order valence-electron chi connectivity index (χ2n) is 8.02. The first-order valence-corrected chi connectivity index (χ1v) is 12.2. The van der Waals surface area contributed by atoms with Crippen LogP contribution in [-0.2, 0) is 32.6 Å². The van der Waals surface area contributed by atoms with Crippen LogP contribution in [0.3, 0.4) is 0 Å². The minimum Gasteiger partial charge on any atom is -0.445 e. The maximum Gasteiger partial charge on any atom is 0.410 e. The molecule has 4 rings (SSSR count). The molecule has 31 heavy (non-hydrogen) atoms. The molecule has 2 fully saturated rings. The number of hydrogen-bond donors (Lipinski definition) is 0. The first-order valence-electron chi connectivity index (χ1n) is 10.6. The molecule has 0 bridgehead atoms. The van der Waals surface area contributed by atoms with Crippen molar-refractivity contribution in [3.05, 3.63) is 71.8 Å². The number of sulfonamides is 1. The Morgan fingerprint density at radius 2 is 1.68 bits per heavy atom. The lowest BCUT2D eigenvalue weighted by Crippen LogP contribution is -2.49. The van der Waals surface area contributed by atoms with E-state index < -0.39 is 22.2 Å². The molecule has 0 radical (unpaired) electrons. The van der Waals surface area contributed by atoms with E-state index in [4.69, 9.17) is 9.47 Å². The van der Waals surface area contributed by atoms with Crippen LogP contribution in [0.2, 0.25) is 0 Å². The third-order valence-electron chi connectivity index (χ3n) is 5.49. The summed E-state index contributed by atoms with van der Waals surface area (Å²) in [5, 5.41) is 0. The Bertz CT molecular complexity index is 964. The lowest BCUT2D eigenvalue weighted by atomic mass is 10.2. The van der Waals surface area contributed by atoms with Gasteiger partial charge in [-0.05, 0) is 24.0 Å². The van der Waals surface area contributed by atoms with Gasteiger partial charge in [-0.15, -0.1) is 0 Å². The van der Waals surface area contributed by atoms with E-state index in [0.717, 1.165) is 24.0 Å². The minimum atomic E-state index is -3.53. The fraction of sp³-hybridized carbons (Fsp3) is 0.435. The summed E-state index contributed by atoms with van der Waals surface area (Å²) in [6, 6.07) is 19.1. The molecule has 1 saturated carbocycles. The number of carbonyl (C=O) groups excluding carboxylic acids is 1. The number of hydrogen-bond acceptors (Lipinski definition) is 5. The van der Waals surface area contributed by atoms with Crippen molar-refractivity contribution in [1.82, 2.24) is 9.21 Å². The highest BCUT2D eigenvalue weighted by Crippen LogP contribution is 2.31. The average molecular weight is 445 g/mol. The van der Waals surface area contributed by atoms with Crippen LogP contribution in [0.15, 0.2) is 60.7 Å². The minimum absolute atomic E-state index is 0.0562. The van der Waals surface area contributed by atoms with E-state index in [1.54, 1.807) is 4.31 Å². The number of carbonyl (C=O) groups is 1. The van der Waals surface area contributed by atoms with Crippen LogP contribution in [0.4, 0.5) is 4.79 Å². The molecule has 7 nitrogen and oxygen atoms in total. The molecule has 0 N–H and O–H groups in total. The van der Waals surface area contributed by atoms with Gasteiger partial charge in [-0.3, -0.25) is 0 Å². The van der Waals surface area contributed by atoms with Gasteiger partial charge < -0.3 is 14.4 Å². The van der Waals surface area contributed by atoms with Crippen molar-refractivity contribution >= 4 is 16.1 Å². The van der Waals surface area contributed by atoms with Gasteiger partial charge in [0.25, 0.3) is 0 Å². The van der Waals surface area contributed by atoms with E-state index in [1.165, 1.54) is 4.90 Å². The van der Waals surface area contributed by atoms with Crippen molar-refractivity contribution in [2.75, 3.05) is 25.4 Å². The molecule has 1 heterocycles. The van der Waals surface area contributed by atoms with Gasteiger partial charge in [0.1, 0.15) is 6.61 Å². The van der Waals surface area contributed by atoms with Crippen LogP contribution in [0, 0.1) is 0 Å². The molecule has 1 saturated heterocycles. The Kier molecular flexibility index (Phi) is 6.89. The maximum atomic E-state index is 13.2. The molecule has 0 spiro atoms. The van der Waals surface area contributed by atoms with Gasteiger partial charge in [0.05, 0.1) is 25.0 Å². The van der Waals surface area contributed by atoms with E-state index in [9.17, 15) is 13.2 Å². The molecule has 2 aliphatic rings. The van der Waals surface area contributed by atoms with Crippen LogP contribution in [-0.4, -0.2) is 61.3 Å². The maximum absolute atomic E-state index is 13.2. The quantitative estimate of drug-likeness (QED) is 0.626. The first kappa shape index (κ1) is 21.8. The monoisotopic (exact) mass is 444 g/mol. The van der Waals surface area contributed by atoms with E-state index in [1.807, 2.05) is 60.7 Å². The second kappa shape index (κ2) is 9.80. The third kappa shape index (κ3) is 6.06. The predicted octanol–water partition coefficient (Wildman–Crippen LogP) is 3.02. The van der Waals surface area contributed by atoms with E-state index in [0.29, 0.717) is 19.7 Å². The van der Waals surface area contributed by atoms with Crippen LogP contribution < -0.4 is 0 Å². The fourth-order valence-corrected chi connectivity index (χ4v) is 5.58. The highest BCUT2D eigenvalue weighted by molar-refractivity contribution is 7.89. The number of benzene rings is 2. The van der Waals surface area contributed by atoms with Gasteiger partial charge in [0.2, 0.25) is 10.0 Å². The molecule has 8 heteroatoms. The summed E-state index contributed by atoms with van der Waals surface area (Å²) < 4.78 is 39.1. The molecule has 2 aromatic carbocycles. The lowest BCUT2D eigenvalue weighted by molar-refractivity contribution is -0.0182. The van der Waals surface area contributed by atoms with Crippen LogP contribution >= 0.6 is 0 Å². The molecular formula is C23H28N2O5S. The van der Waals surface area contributed by atoms with Crippen molar-refractivity contribution in [2.24, 2.45) is 0 Å². The van der Waals surface area contributed by atoms with Gasteiger partial charge >= 0.3 is 6.09 Å². The molecule has 0 unspecified atom stereocenters. The molecule has 0 aromatic heterocycles. The number of ether oxygens (including phenoxy) is 2. The average Bonchev–Trinajstić information content (AvgIpc) is 3.62. The highest BCUT2D eigenvalue weighted by Gasteiger charge is 2.39. The Hall–Kier alpha value is -2.42. The summed E-state index contributed by atoms with van der Waals surface area (Å²) in [6.07, 6.45) is 0.753. The van der Waals surface area contributed by atoms with Crippen LogP contribution in [0.1, 0.15) is 24.0 Å². The molecular weight excluding hydrogens is 416 g/mol. The number of morpholine rings is 1. The second-order valence-corrected chi connectivity index (χ2v) is 9.99. The normalized spacial score (nSPS) is 19.4. The van der Waals surface area contributed by atoms with Gasteiger partial charge in [-0.1, -0.05) is 60.7 Å². The highest BCUT2D eigenvalue weighted by atomic mass is 32.2. The Morgan fingerprint density at radius 1 is 1.03 bits per heavy atom. The van der Waals surface area contributed by atoms with Crippen molar-refractivity contribution in [3.8, 4) is 0 Å². The summed E-state index contributed by atoms with van der Waals surface area (Å²) in [6.45, 7) is 1.44. The van der Waals surface area contributed by atoms with Gasteiger partial charge in [0.15, 0.2) is 0 Å². The first-order chi connectivity index (χ1) is 15.0. The zero-order valence-corrected chi connectivity index (χ0v) is 18.2. The summed E-state index contributed by atoms with van der Waals surface area (Å²) in [5.74, 6) is -0.140. The van der Waals surface area contributed by atoms with Crippen molar-refractivity contribution in [1.29, 1.82) is 0 Å². The number of amides is 1. The van der Waals surface area contributed by atoms with E-state index in [2.05, 4.69) is 0 Å². The van der Waals surface area contributed by atoms with Crippen LogP contribution in [0.5, 0.6) is 0 Å². The summed E-state index contributed by atoms with van der Waals surface area (Å²) >= 11 is 0. The predicted molar refractivity (Wildman–Crippen MR) is 117 cm³/mol. The third-order valence-corrected chi connectivity index (χ3v) is 7.43. The zero-order chi connectivity index (χ0) is 21.7. The largest absolute Gasteiger partial charge is 0.445 e. The Balaban J connectivity index is 1.34. The SMILES string of the molecule is O=C(OCc1ccccc1)N1CCO[C@H](CS(=O)(=O)N(Cc2ccccc2)C2CC2)C1. The Labute approximate surface area is 183 Å². The van der Waals surface area contributed by atoms with Gasteiger partial charge in [-0.2, -0.15) is 4.31 Å². The summed E-state index contributed by atoms with van der Waals surface area (Å²) in [4.78, 5) is 14.0. The number of nitrogens with zero attached hydrogens (tertiary/aromatic N) is 2. The lowest BCUT2D eigenvalue weighted by Gasteiger charge is -2.33. The zero-order valence-electron chi connectivity index (χ0n) is 17.4. The standard InChI is InChI=1S/C23H28N2O5S/c26-23(30-17-20-9-5-2-6-10-20)24-13-14-29-22(16-24)18-31(27,28)25(21-11-12-21)15-19-7-3-1-4-8-19/h1-10,21-22H,11-18H2/t22-/m0/s1. The number of rotatable bonds is 8.